The Kier molecular flexibility index (Phi) is 5.71. The number of benzene rings is 8. The highest BCUT2D eigenvalue weighted by molar-refractivity contribution is 6.31. The van der Waals surface area contributed by atoms with Crippen LogP contribution in [-0.4, -0.2) is 19.1 Å². The molecule has 4 aromatic heterocycles. The molecular weight excluding hydrogens is 649 g/mol. The zero-order valence-corrected chi connectivity index (χ0v) is 28.4. The van der Waals surface area contributed by atoms with Crippen LogP contribution in [0.15, 0.2) is 174 Å². The van der Waals surface area contributed by atoms with E-state index in [-0.39, 0.29) is 0 Å². The number of rotatable bonds is 3. The predicted octanol–water partition coefficient (Wildman–Crippen LogP) is 12.5. The lowest BCUT2D eigenvalue weighted by atomic mass is 10.0. The van der Waals surface area contributed by atoms with E-state index < -0.39 is 0 Å². The van der Waals surface area contributed by atoms with Gasteiger partial charge in [0, 0.05) is 43.6 Å². The predicted molar refractivity (Wildman–Crippen MR) is 218 cm³/mol. The topological polar surface area (TPSA) is 48.8 Å². The SMILES string of the molecule is c1ccc(-c2nc(-n3c4ccc5c6ccccc6n(-c6ccccc6)c5c4c4ccc5oc6ccccc6c5c43)nc3ccc4ccccc4c23)cc1. The Labute approximate surface area is 302 Å². The Hall–Kier alpha value is -7.24. The number of hydrogen-bond donors (Lipinski definition) is 0. The average molecular weight is 677 g/mol. The normalized spacial score (nSPS) is 12.2. The van der Waals surface area contributed by atoms with Crippen LogP contribution in [0.5, 0.6) is 0 Å². The van der Waals surface area contributed by atoms with Crippen LogP contribution in [0.4, 0.5) is 0 Å². The van der Waals surface area contributed by atoms with E-state index in [0.717, 1.165) is 93.4 Å². The molecule has 5 heteroatoms. The van der Waals surface area contributed by atoms with Gasteiger partial charge in [0.1, 0.15) is 11.2 Å². The third-order valence-electron chi connectivity index (χ3n) is 10.9. The number of fused-ring (bicyclic) bond motifs is 14. The molecule has 12 rings (SSSR count). The van der Waals surface area contributed by atoms with Gasteiger partial charge < -0.3 is 8.98 Å². The van der Waals surface area contributed by atoms with E-state index >= 15 is 0 Å². The van der Waals surface area contributed by atoms with Gasteiger partial charge in [-0.15, -0.1) is 0 Å². The molecule has 246 valence electrons. The zero-order valence-electron chi connectivity index (χ0n) is 28.4. The highest BCUT2D eigenvalue weighted by Gasteiger charge is 2.25. The van der Waals surface area contributed by atoms with Crippen LogP contribution >= 0.6 is 0 Å². The van der Waals surface area contributed by atoms with Gasteiger partial charge in [0.25, 0.3) is 0 Å². The third kappa shape index (κ3) is 3.91. The molecule has 0 saturated heterocycles. The fourth-order valence-electron chi connectivity index (χ4n) is 8.70. The molecule has 4 heterocycles. The van der Waals surface area contributed by atoms with Gasteiger partial charge in [-0.05, 0) is 59.3 Å². The largest absolute Gasteiger partial charge is 0.456 e. The van der Waals surface area contributed by atoms with Crippen molar-refractivity contribution in [3.63, 3.8) is 0 Å². The van der Waals surface area contributed by atoms with Crippen LogP contribution in [0.2, 0.25) is 0 Å². The second-order valence-electron chi connectivity index (χ2n) is 13.7. The van der Waals surface area contributed by atoms with Crippen LogP contribution in [0.3, 0.4) is 0 Å². The summed E-state index contributed by atoms with van der Waals surface area (Å²) in [5.74, 6) is 0.617. The van der Waals surface area contributed by atoms with Gasteiger partial charge in [0.05, 0.1) is 38.7 Å². The van der Waals surface area contributed by atoms with Gasteiger partial charge in [-0.3, -0.25) is 4.57 Å². The maximum atomic E-state index is 6.53. The zero-order chi connectivity index (χ0) is 34.6. The molecule has 8 aromatic carbocycles. The fourth-order valence-corrected chi connectivity index (χ4v) is 8.70. The number of aromatic nitrogens is 4. The van der Waals surface area contributed by atoms with E-state index in [1.165, 1.54) is 10.8 Å². The Morgan fingerprint density at radius 2 is 1.09 bits per heavy atom. The molecule has 0 unspecified atom stereocenters. The monoisotopic (exact) mass is 676 g/mol. The Bertz CT molecular complexity index is 3450. The Morgan fingerprint density at radius 1 is 0.396 bits per heavy atom. The van der Waals surface area contributed by atoms with Crippen molar-refractivity contribution in [1.29, 1.82) is 0 Å². The number of para-hydroxylation sites is 3. The minimum Gasteiger partial charge on any atom is -0.456 e. The molecule has 0 amide bonds. The first-order valence-electron chi connectivity index (χ1n) is 17.9. The minimum absolute atomic E-state index is 0.617. The van der Waals surface area contributed by atoms with Gasteiger partial charge in [-0.2, -0.15) is 0 Å². The van der Waals surface area contributed by atoms with Crippen LogP contribution in [-0.2, 0) is 0 Å². The van der Waals surface area contributed by atoms with Crippen LogP contribution in [0, 0.1) is 0 Å². The van der Waals surface area contributed by atoms with Crippen molar-refractivity contribution in [3.8, 4) is 22.9 Å². The molecule has 0 fully saturated rings. The van der Waals surface area contributed by atoms with Crippen molar-refractivity contribution < 1.29 is 4.42 Å². The molecule has 0 bridgehead atoms. The summed E-state index contributed by atoms with van der Waals surface area (Å²) >= 11 is 0. The summed E-state index contributed by atoms with van der Waals surface area (Å²) < 4.78 is 11.2. The summed E-state index contributed by atoms with van der Waals surface area (Å²) in [6.07, 6.45) is 0. The summed E-state index contributed by atoms with van der Waals surface area (Å²) in [4.78, 5) is 11.0. The van der Waals surface area contributed by atoms with E-state index in [2.05, 4.69) is 167 Å². The molecule has 0 aliphatic heterocycles. The van der Waals surface area contributed by atoms with Gasteiger partial charge >= 0.3 is 0 Å². The van der Waals surface area contributed by atoms with Gasteiger partial charge in [-0.25, -0.2) is 9.97 Å². The summed E-state index contributed by atoms with van der Waals surface area (Å²) in [5, 5.41) is 10.1. The standard InChI is InChI=1S/C48H28N4O/c1-3-14-30(15-4-1)45-42-32-18-8-7-13-29(32)23-26-37(42)49-48(50-45)52-39-27-24-34-33-19-9-11-21-38(33)51(31-16-5-2-6-17-31)46(34)43(39)36-25-28-41-44(47(36)52)35-20-10-12-22-40(35)53-41/h1-28H. The highest BCUT2D eigenvalue weighted by atomic mass is 16.3. The second kappa shape index (κ2) is 10.6. The Morgan fingerprint density at radius 3 is 1.96 bits per heavy atom. The van der Waals surface area contributed by atoms with Crippen LogP contribution in [0.25, 0.3) is 110 Å². The molecular formula is C48H28N4O. The molecule has 0 aliphatic rings. The van der Waals surface area contributed by atoms with Crippen molar-refractivity contribution in [2.75, 3.05) is 0 Å². The lowest BCUT2D eigenvalue weighted by molar-refractivity contribution is 0.669. The van der Waals surface area contributed by atoms with Crippen LogP contribution in [0.1, 0.15) is 0 Å². The first-order valence-corrected chi connectivity index (χ1v) is 17.9. The molecule has 0 radical (unpaired) electrons. The van der Waals surface area contributed by atoms with Crippen molar-refractivity contribution >= 4 is 87.2 Å². The van der Waals surface area contributed by atoms with E-state index in [4.69, 9.17) is 14.4 Å². The van der Waals surface area contributed by atoms with E-state index in [1.54, 1.807) is 0 Å². The van der Waals surface area contributed by atoms with Gasteiger partial charge in [0.2, 0.25) is 5.95 Å². The fraction of sp³-hybridized carbons (Fsp3) is 0. The molecule has 0 N–H and O–H groups in total. The van der Waals surface area contributed by atoms with Crippen molar-refractivity contribution in [2.45, 2.75) is 0 Å². The van der Waals surface area contributed by atoms with E-state index in [1.807, 2.05) is 12.1 Å². The summed E-state index contributed by atoms with van der Waals surface area (Å²) in [7, 11) is 0. The number of nitrogens with zero attached hydrogens (tertiary/aromatic N) is 4. The average Bonchev–Trinajstić information content (AvgIpc) is 3.88. The van der Waals surface area contributed by atoms with Crippen molar-refractivity contribution in [1.82, 2.24) is 19.1 Å². The van der Waals surface area contributed by atoms with Crippen LogP contribution < -0.4 is 0 Å². The van der Waals surface area contributed by atoms with E-state index in [0.29, 0.717) is 5.95 Å². The molecule has 0 saturated carbocycles. The summed E-state index contributed by atoms with van der Waals surface area (Å²) in [5.41, 5.74) is 10.0. The molecule has 0 atom stereocenters. The van der Waals surface area contributed by atoms with Gasteiger partial charge in [-0.1, -0.05) is 121 Å². The van der Waals surface area contributed by atoms with E-state index in [9.17, 15) is 0 Å². The first kappa shape index (κ1) is 28.5. The molecule has 53 heavy (non-hydrogen) atoms. The molecule has 0 spiro atoms. The smallest absolute Gasteiger partial charge is 0.235 e. The highest BCUT2D eigenvalue weighted by Crippen LogP contribution is 2.46. The quantitative estimate of drug-likeness (QED) is 0.175. The molecule has 0 aliphatic carbocycles. The lowest BCUT2D eigenvalue weighted by Crippen LogP contribution is -2.04. The van der Waals surface area contributed by atoms with Crippen molar-refractivity contribution in [2.24, 2.45) is 0 Å². The third-order valence-corrected chi connectivity index (χ3v) is 10.9. The molecule has 12 aromatic rings. The maximum Gasteiger partial charge on any atom is 0.235 e. The Balaban J connectivity index is 1.32. The van der Waals surface area contributed by atoms with Gasteiger partial charge in [0.15, 0.2) is 0 Å². The number of hydrogen-bond acceptors (Lipinski definition) is 3. The van der Waals surface area contributed by atoms with Crippen molar-refractivity contribution in [3.05, 3.63) is 170 Å². The second-order valence-corrected chi connectivity index (χ2v) is 13.7. The first-order chi connectivity index (χ1) is 26.3. The maximum absolute atomic E-state index is 6.53. The number of furan rings is 1. The summed E-state index contributed by atoms with van der Waals surface area (Å²) in [6.45, 7) is 0. The minimum atomic E-state index is 0.617. The summed E-state index contributed by atoms with van der Waals surface area (Å²) in [6, 6.07) is 59.9. The lowest BCUT2D eigenvalue weighted by Gasteiger charge is -2.14. The molecule has 5 nitrogen and oxygen atoms in total.